The molecule has 19 heavy (non-hydrogen) atoms. The Morgan fingerprint density at radius 1 is 1.16 bits per heavy atom. The smallest absolute Gasteiger partial charge is 0.239 e. The van der Waals surface area contributed by atoms with Crippen LogP contribution in [0.5, 0.6) is 0 Å². The van der Waals surface area contributed by atoms with Crippen LogP contribution >= 0.6 is 0 Å². The van der Waals surface area contributed by atoms with E-state index in [1.165, 1.54) is 0 Å². The van der Waals surface area contributed by atoms with E-state index in [2.05, 4.69) is 24.5 Å². The SMILES string of the molecule is CCC(CC)NC(=O)CNc1ccc(N(C)C)cc1. The zero-order valence-corrected chi connectivity index (χ0v) is 12.4. The van der Waals surface area contributed by atoms with Gasteiger partial charge in [-0.25, -0.2) is 0 Å². The summed E-state index contributed by atoms with van der Waals surface area (Å²) >= 11 is 0. The van der Waals surface area contributed by atoms with Gasteiger partial charge in [-0.2, -0.15) is 0 Å². The summed E-state index contributed by atoms with van der Waals surface area (Å²) < 4.78 is 0. The zero-order valence-electron chi connectivity index (χ0n) is 12.4. The van der Waals surface area contributed by atoms with E-state index in [9.17, 15) is 4.79 Å². The average molecular weight is 263 g/mol. The molecule has 4 heteroatoms. The molecule has 2 N–H and O–H groups in total. The van der Waals surface area contributed by atoms with Gasteiger partial charge in [-0.3, -0.25) is 4.79 Å². The van der Waals surface area contributed by atoms with Crippen molar-refractivity contribution in [3.8, 4) is 0 Å². The van der Waals surface area contributed by atoms with Crippen molar-refractivity contribution in [3.63, 3.8) is 0 Å². The number of amides is 1. The van der Waals surface area contributed by atoms with Crippen LogP contribution in [-0.2, 0) is 4.79 Å². The molecular formula is C15H25N3O. The van der Waals surface area contributed by atoms with Gasteiger partial charge in [0.15, 0.2) is 0 Å². The van der Waals surface area contributed by atoms with E-state index in [0.29, 0.717) is 6.54 Å². The second-order valence-corrected chi connectivity index (χ2v) is 4.88. The van der Waals surface area contributed by atoms with Crippen LogP contribution in [0.3, 0.4) is 0 Å². The Kier molecular flexibility index (Phi) is 6.19. The van der Waals surface area contributed by atoms with Crippen LogP contribution in [-0.4, -0.2) is 32.6 Å². The minimum Gasteiger partial charge on any atom is -0.378 e. The summed E-state index contributed by atoms with van der Waals surface area (Å²) in [5, 5.41) is 6.14. The normalized spacial score (nSPS) is 10.4. The second kappa shape index (κ2) is 7.67. The van der Waals surface area contributed by atoms with Crippen molar-refractivity contribution >= 4 is 17.3 Å². The number of carbonyl (C=O) groups is 1. The molecule has 0 aliphatic rings. The summed E-state index contributed by atoms with van der Waals surface area (Å²) in [5.74, 6) is 0.0467. The topological polar surface area (TPSA) is 44.4 Å². The molecule has 0 aliphatic carbocycles. The minimum absolute atomic E-state index is 0.0467. The molecule has 1 aromatic rings. The molecule has 0 heterocycles. The van der Waals surface area contributed by atoms with E-state index in [1.54, 1.807) is 0 Å². The molecule has 1 aromatic carbocycles. The number of nitrogens with one attached hydrogen (secondary N) is 2. The van der Waals surface area contributed by atoms with Gasteiger partial charge in [0.25, 0.3) is 0 Å². The van der Waals surface area contributed by atoms with Crippen LogP contribution in [0.15, 0.2) is 24.3 Å². The van der Waals surface area contributed by atoms with Crippen molar-refractivity contribution in [3.05, 3.63) is 24.3 Å². The molecule has 0 fully saturated rings. The van der Waals surface area contributed by atoms with Crippen LogP contribution in [0.1, 0.15) is 26.7 Å². The molecule has 1 rings (SSSR count). The molecule has 0 aliphatic heterocycles. The summed E-state index contributed by atoms with van der Waals surface area (Å²) in [6.45, 7) is 4.49. The van der Waals surface area contributed by atoms with Gasteiger partial charge in [0.1, 0.15) is 0 Å². The monoisotopic (exact) mass is 263 g/mol. The molecular weight excluding hydrogens is 238 g/mol. The fourth-order valence-electron chi connectivity index (χ4n) is 1.83. The number of hydrogen-bond donors (Lipinski definition) is 2. The van der Waals surface area contributed by atoms with Gasteiger partial charge >= 0.3 is 0 Å². The Hall–Kier alpha value is -1.71. The molecule has 4 nitrogen and oxygen atoms in total. The zero-order chi connectivity index (χ0) is 14.3. The third kappa shape index (κ3) is 5.20. The quantitative estimate of drug-likeness (QED) is 0.794. The molecule has 0 saturated heterocycles. The third-order valence-corrected chi connectivity index (χ3v) is 3.19. The van der Waals surface area contributed by atoms with Crippen molar-refractivity contribution in [2.45, 2.75) is 32.7 Å². The lowest BCUT2D eigenvalue weighted by molar-refractivity contribution is -0.120. The highest BCUT2D eigenvalue weighted by Gasteiger charge is 2.07. The van der Waals surface area contributed by atoms with E-state index in [0.717, 1.165) is 24.2 Å². The summed E-state index contributed by atoms with van der Waals surface area (Å²) in [6, 6.07) is 8.31. The largest absolute Gasteiger partial charge is 0.378 e. The Bertz CT molecular complexity index is 383. The van der Waals surface area contributed by atoms with Crippen molar-refractivity contribution in [2.75, 3.05) is 30.9 Å². The summed E-state index contributed by atoms with van der Waals surface area (Å²) in [4.78, 5) is 13.8. The Morgan fingerprint density at radius 2 is 1.74 bits per heavy atom. The van der Waals surface area contributed by atoms with Crippen LogP contribution < -0.4 is 15.5 Å². The van der Waals surface area contributed by atoms with E-state index in [1.807, 2.05) is 43.3 Å². The van der Waals surface area contributed by atoms with E-state index in [4.69, 9.17) is 0 Å². The molecule has 0 unspecified atom stereocenters. The molecule has 0 saturated carbocycles. The van der Waals surface area contributed by atoms with E-state index < -0.39 is 0 Å². The van der Waals surface area contributed by atoms with Gasteiger partial charge in [-0.15, -0.1) is 0 Å². The maximum Gasteiger partial charge on any atom is 0.239 e. The fourth-order valence-corrected chi connectivity index (χ4v) is 1.83. The summed E-state index contributed by atoms with van der Waals surface area (Å²) in [6.07, 6.45) is 1.94. The number of hydrogen-bond acceptors (Lipinski definition) is 3. The average Bonchev–Trinajstić information content (AvgIpc) is 2.43. The minimum atomic E-state index is 0.0467. The van der Waals surface area contributed by atoms with Gasteiger partial charge < -0.3 is 15.5 Å². The van der Waals surface area contributed by atoms with Gasteiger partial charge in [0.05, 0.1) is 6.54 Å². The molecule has 0 radical (unpaired) electrons. The molecule has 0 aromatic heterocycles. The molecule has 106 valence electrons. The highest BCUT2D eigenvalue weighted by molar-refractivity contribution is 5.81. The van der Waals surface area contributed by atoms with Gasteiger partial charge in [-0.1, -0.05) is 13.8 Å². The van der Waals surface area contributed by atoms with Crippen molar-refractivity contribution in [1.82, 2.24) is 5.32 Å². The predicted octanol–water partition coefficient (Wildman–Crippen LogP) is 2.47. The molecule has 0 spiro atoms. The van der Waals surface area contributed by atoms with Crippen LogP contribution in [0.4, 0.5) is 11.4 Å². The number of benzene rings is 1. The van der Waals surface area contributed by atoms with Gasteiger partial charge in [0, 0.05) is 31.5 Å². The first-order chi connectivity index (χ1) is 9.06. The highest BCUT2D eigenvalue weighted by Crippen LogP contribution is 2.15. The highest BCUT2D eigenvalue weighted by atomic mass is 16.1. The number of anilines is 2. The summed E-state index contributed by atoms with van der Waals surface area (Å²) in [5.41, 5.74) is 2.11. The lowest BCUT2D eigenvalue weighted by atomic mass is 10.2. The lowest BCUT2D eigenvalue weighted by Gasteiger charge is -2.16. The van der Waals surface area contributed by atoms with E-state index >= 15 is 0 Å². The first-order valence-corrected chi connectivity index (χ1v) is 6.87. The fraction of sp³-hybridized carbons (Fsp3) is 0.533. The van der Waals surface area contributed by atoms with Gasteiger partial charge in [0.2, 0.25) is 5.91 Å². The first kappa shape index (κ1) is 15.3. The van der Waals surface area contributed by atoms with Crippen molar-refractivity contribution in [2.24, 2.45) is 0 Å². The summed E-state index contributed by atoms with van der Waals surface area (Å²) in [7, 11) is 4.01. The standard InChI is InChI=1S/C15H25N3O/c1-5-12(6-2)17-15(19)11-16-13-7-9-14(10-8-13)18(3)4/h7-10,12,16H,5-6,11H2,1-4H3,(H,17,19). The van der Waals surface area contributed by atoms with Crippen LogP contribution in [0, 0.1) is 0 Å². The van der Waals surface area contributed by atoms with E-state index in [-0.39, 0.29) is 11.9 Å². The predicted molar refractivity (Wildman–Crippen MR) is 81.8 cm³/mol. The second-order valence-electron chi connectivity index (χ2n) is 4.88. The third-order valence-electron chi connectivity index (χ3n) is 3.19. The Labute approximate surface area is 116 Å². The Balaban J connectivity index is 2.41. The van der Waals surface area contributed by atoms with Crippen LogP contribution in [0.2, 0.25) is 0 Å². The Morgan fingerprint density at radius 3 is 2.21 bits per heavy atom. The van der Waals surface area contributed by atoms with Crippen molar-refractivity contribution in [1.29, 1.82) is 0 Å². The number of rotatable bonds is 7. The molecule has 1 amide bonds. The lowest BCUT2D eigenvalue weighted by Crippen LogP contribution is -2.37. The van der Waals surface area contributed by atoms with Crippen LogP contribution in [0.25, 0.3) is 0 Å². The maximum absolute atomic E-state index is 11.7. The molecule has 0 bridgehead atoms. The number of nitrogens with zero attached hydrogens (tertiary/aromatic N) is 1. The molecule has 0 atom stereocenters. The van der Waals surface area contributed by atoms with Gasteiger partial charge in [-0.05, 0) is 37.1 Å². The first-order valence-electron chi connectivity index (χ1n) is 6.87. The maximum atomic E-state index is 11.7. The van der Waals surface area contributed by atoms with Crippen molar-refractivity contribution < 1.29 is 4.79 Å². The number of carbonyl (C=O) groups excluding carboxylic acids is 1.